The van der Waals surface area contributed by atoms with Gasteiger partial charge in [-0.1, -0.05) is 17.7 Å². The van der Waals surface area contributed by atoms with Gasteiger partial charge in [0, 0.05) is 49.8 Å². The summed E-state index contributed by atoms with van der Waals surface area (Å²) in [6, 6.07) is 4.58. The lowest BCUT2D eigenvalue weighted by molar-refractivity contribution is -0.125. The van der Waals surface area contributed by atoms with Gasteiger partial charge in [-0.2, -0.15) is 0 Å². The molecule has 0 aromatic heterocycles. The molecule has 1 fully saturated rings. The molecule has 4 nitrogen and oxygen atoms in total. The van der Waals surface area contributed by atoms with E-state index in [-0.39, 0.29) is 30.2 Å². The van der Waals surface area contributed by atoms with E-state index in [1.165, 1.54) is 6.07 Å². The van der Waals surface area contributed by atoms with Gasteiger partial charge in [-0.15, -0.1) is 0 Å². The van der Waals surface area contributed by atoms with Crippen molar-refractivity contribution < 1.29 is 14.3 Å². The van der Waals surface area contributed by atoms with Crippen LogP contribution >= 0.6 is 11.6 Å². The molecule has 0 saturated carbocycles. The lowest BCUT2D eigenvalue weighted by Crippen LogP contribution is -2.33. The fourth-order valence-corrected chi connectivity index (χ4v) is 2.81. The number of carbonyl (C=O) groups excluding carboxylic acids is 1. The summed E-state index contributed by atoms with van der Waals surface area (Å²) in [7, 11) is 1.58. The number of rotatable bonds is 4. The SMILES string of the molecule is CNC(=O)[C@@H]1CN(Cc2ccc(Cl)cc2F)C[C@H]1CO. The molecule has 1 aliphatic rings. The van der Waals surface area contributed by atoms with Crippen LogP contribution in [0.3, 0.4) is 0 Å². The van der Waals surface area contributed by atoms with Gasteiger partial charge in [-0.25, -0.2) is 4.39 Å². The van der Waals surface area contributed by atoms with Crippen LogP contribution < -0.4 is 5.32 Å². The molecule has 2 rings (SSSR count). The lowest BCUT2D eigenvalue weighted by Gasteiger charge is -2.16. The first-order chi connectivity index (χ1) is 9.55. The van der Waals surface area contributed by atoms with E-state index in [1.54, 1.807) is 19.2 Å². The maximum Gasteiger partial charge on any atom is 0.224 e. The van der Waals surface area contributed by atoms with E-state index in [0.717, 1.165) is 0 Å². The zero-order chi connectivity index (χ0) is 14.7. The molecule has 0 radical (unpaired) electrons. The third-order valence-electron chi connectivity index (χ3n) is 3.74. The fraction of sp³-hybridized carbons (Fsp3) is 0.500. The minimum Gasteiger partial charge on any atom is -0.396 e. The number of hydrogen-bond acceptors (Lipinski definition) is 3. The number of benzene rings is 1. The molecule has 1 aromatic rings. The van der Waals surface area contributed by atoms with Gasteiger partial charge < -0.3 is 10.4 Å². The van der Waals surface area contributed by atoms with Crippen LogP contribution in [0.15, 0.2) is 18.2 Å². The molecule has 1 amide bonds. The topological polar surface area (TPSA) is 52.6 Å². The fourth-order valence-electron chi connectivity index (χ4n) is 2.65. The molecular weight excluding hydrogens is 283 g/mol. The third-order valence-corrected chi connectivity index (χ3v) is 3.98. The van der Waals surface area contributed by atoms with Crippen molar-refractivity contribution >= 4 is 17.5 Å². The van der Waals surface area contributed by atoms with Crippen LogP contribution in [0, 0.1) is 17.7 Å². The van der Waals surface area contributed by atoms with E-state index in [2.05, 4.69) is 5.32 Å². The van der Waals surface area contributed by atoms with Gasteiger partial charge in [0.15, 0.2) is 0 Å². The van der Waals surface area contributed by atoms with Crippen molar-refractivity contribution in [3.63, 3.8) is 0 Å². The summed E-state index contributed by atoms with van der Waals surface area (Å²) in [5.41, 5.74) is 0.545. The average Bonchev–Trinajstić information content (AvgIpc) is 2.84. The van der Waals surface area contributed by atoms with Crippen molar-refractivity contribution in [2.24, 2.45) is 11.8 Å². The largest absolute Gasteiger partial charge is 0.396 e. The first-order valence-electron chi connectivity index (χ1n) is 6.54. The molecule has 0 aliphatic carbocycles. The van der Waals surface area contributed by atoms with Gasteiger partial charge in [0.2, 0.25) is 5.91 Å². The minimum atomic E-state index is -0.346. The van der Waals surface area contributed by atoms with Gasteiger partial charge in [-0.05, 0) is 12.1 Å². The van der Waals surface area contributed by atoms with E-state index >= 15 is 0 Å². The Morgan fingerprint density at radius 2 is 2.30 bits per heavy atom. The summed E-state index contributed by atoms with van der Waals surface area (Å²) in [6.45, 7) is 1.47. The maximum atomic E-state index is 13.8. The second-order valence-corrected chi connectivity index (χ2v) is 5.53. The van der Waals surface area contributed by atoms with Crippen molar-refractivity contribution in [2.45, 2.75) is 6.54 Å². The second-order valence-electron chi connectivity index (χ2n) is 5.09. The molecular formula is C14H18ClFN2O2. The Morgan fingerprint density at radius 1 is 1.55 bits per heavy atom. The summed E-state index contributed by atoms with van der Waals surface area (Å²) >= 11 is 5.72. The normalized spacial score (nSPS) is 23.0. The van der Waals surface area contributed by atoms with Crippen LogP contribution in [-0.2, 0) is 11.3 Å². The number of halogens is 2. The van der Waals surface area contributed by atoms with Crippen LogP contribution in [0.5, 0.6) is 0 Å². The Labute approximate surface area is 122 Å². The van der Waals surface area contributed by atoms with Gasteiger partial charge in [0.05, 0.1) is 5.92 Å². The number of aliphatic hydroxyl groups excluding tert-OH is 1. The number of amides is 1. The summed E-state index contributed by atoms with van der Waals surface area (Å²) in [5.74, 6) is -0.782. The summed E-state index contributed by atoms with van der Waals surface area (Å²) in [4.78, 5) is 13.7. The van der Waals surface area contributed by atoms with Crippen LogP contribution in [0.1, 0.15) is 5.56 Å². The highest BCUT2D eigenvalue weighted by molar-refractivity contribution is 6.30. The first-order valence-corrected chi connectivity index (χ1v) is 6.91. The molecule has 0 bridgehead atoms. The zero-order valence-corrected chi connectivity index (χ0v) is 12.0. The van der Waals surface area contributed by atoms with Crippen molar-refractivity contribution in [3.05, 3.63) is 34.6 Å². The predicted molar refractivity (Wildman–Crippen MR) is 74.8 cm³/mol. The van der Waals surface area contributed by atoms with E-state index in [9.17, 15) is 14.3 Å². The molecule has 20 heavy (non-hydrogen) atoms. The molecule has 1 heterocycles. The van der Waals surface area contributed by atoms with Crippen molar-refractivity contribution in [1.29, 1.82) is 0 Å². The van der Waals surface area contributed by atoms with Crippen molar-refractivity contribution in [1.82, 2.24) is 10.2 Å². The highest BCUT2D eigenvalue weighted by Gasteiger charge is 2.36. The Hall–Kier alpha value is -1.17. The highest BCUT2D eigenvalue weighted by atomic mass is 35.5. The number of nitrogens with zero attached hydrogens (tertiary/aromatic N) is 1. The van der Waals surface area contributed by atoms with Crippen LogP contribution in [0.2, 0.25) is 5.02 Å². The predicted octanol–water partition coefficient (Wildman–Crippen LogP) is 1.27. The molecule has 2 N–H and O–H groups in total. The number of carbonyl (C=O) groups is 1. The summed E-state index contributed by atoms with van der Waals surface area (Å²) in [5, 5.41) is 12.3. The Kier molecular flexibility index (Phi) is 4.96. The number of likely N-dealkylation sites (tertiary alicyclic amines) is 1. The number of aliphatic hydroxyl groups is 1. The van der Waals surface area contributed by atoms with Gasteiger partial charge in [-0.3, -0.25) is 9.69 Å². The molecule has 1 aromatic carbocycles. The number of nitrogens with one attached hydrogen (secondary N) is 1. The Balaban J connectivity index is 2.06. The van der Waals surface area contributed by atoms with Crippen LogP contribution in [-0.4, -0.2) is 42.7 Å². The molecule has 0 spiro atoms. The van der Waals surface area contributed by atoms with Gasteiger partial charge in [0.1, 0.15) is 5.82 Å². The zero-order valence-electron chi connectivity index (χ0n) is 11.3. The van der Waals surface area contributed by atoms with E-state index in [0.29, 0.717) is 30.2 Å². The summed E-state index contributed by atoms with van der Waals surface area (Å²) < 4.78 is 13.8. The number of hydrogen-bond donors (Lipinski definition) is 2. The first kappa shape index (κ1) is 15.2. The van der Waals surface area contributed by atoms with E-state index < -0.39 is 0 Å². The third kappa shape index (κ3) is 3.29. The standard InChI is InChI=1S/C14H18ClFN2O2/c1-17-14(20)12-7-18(6-10(12)8-19)5-9-2-3-11(15)4-13(9)16/h2-4,10,12,19H,5-8H2,1H3,(H,17,20)/t10-,12+/m0/s1. The van der Waals surface area contributed by atoms with Crippen molar-refractivity contribution in [3.8, 4) is 0 Å². The van der Waals surface area contributed by atoms with Crippen LogP contribution in [0.4, 0.5) is 4.39 Å². The molecule has 1 aliphatic heterocycles. The Morgan fingerprint density at radius 3 is 2.90 bits per heavy atom. The average molecular weight is 301 g/mol. The second kappa shape index (κ2) is 6.52. The smallest absolute Gasteiger partial charge is 0.224 e. The molecule has 2 atom stereocenters. The monoisotopic (exact) mass is 300 g/mol. The van der Waals surface area contributed by atoms with Gasteiger partial charge >= 0.3 is 0 Å². The summed E-state index contributed by atoms with van der Waals surface area (Å²) in [6.07, 6.45) is 0. The van der Waals surface area contributed by atoms with Crippen molar-refractivity contribution in [2.75, 3.05) is 26.7 Å². The maximum absolute atomic E-state index is 13.8. The van der Waals surface area contributed by atoms with Crippen LogP contribution in [0.25, 0.3) is 0 Å². The van der Waals surface area contributed by atoms with E-state index in [1.807, 2.05) is 4.90 Å². The molecule has 0 unspecified atom stereocenters. The van der Waals surface area contributed by atoms with Gasteiger partial charge in [0.25, 0.3) is 0 Å². The molecule has 110 valence electrons. The minimum absolute atomic E-state index is 0.0440. The lowest BCUT2D eigenvalue weighted by atomic mass is 9.96. The molecule has 6 heteroatoms. The quantitative estimate of drug-likeness (QED) is 0.880. The highest BCUT2D eigenvalue weighted by Crippen LogP contribution is 2.26. The van der Waals surface area contributed by atoms with E-state index in [4.69, 9.17) is 11.6 Å². The molecule has 1 saturated heterocycles. The Bertz CT molecular complexity index is 498.